The van der Waals surface area contributed by atoms with Crippen molar-refractivity contribution in [3.8, 4) is 0 Å². The lowest BCUT2D eigenvalue weighted by Crippen LogP contribution is -2.30. The van der Waals surface area contributed by atoms with Gasteiger partial charge in [0.25, 0.3) is 5.91 Å². The summed E-state index contributed by atoms with van der Waals surface area (Å²) in [6, 6.07) is 11.9. The maximum atomic E-state index is 11.6. The molecule has 1 aliphatic rings. The molecule has 2 unspecified atom stereocenters. The Labute approximate surface area is 123 Å². The molecule has 1 aromatic heterocycles. The molecule has 0 radical (unpaired) electrons. The Hall–Kier alpha value is -2.40. The number of nitrogens with zero attached hydrogens (tertiary/aromatic N) is 1. The molecule has 3 rings (SSSR count). The predicted octanol–water partition coefficient (Wildman–Crippen LogP) is 1.48. The molecule has 0 fully saturated rings. The Balaban J connectivity index is 1.86. The lowest BCUT2D eigenvalue weighted by molar-refractivity contribution is 0.0958. The minimum Gasteiger partial charge on any atom is -0.377 e. The third-order valence-corrected chi connectivity index (χ3v) is 3.82. The number of fused-ring (bicyclic) bond motifs is 1. The molecular formula is C16H18N4O. The van der Waals surface area contributed by atoms with E-state index in [0.29, 0.717) is 5.69 Å². The molecule has 2 aromatic rings. The molecule has 5 heteroatoms. The second-order valence-electron chi connectivity index (χ2n) is 5.20. The van der Waals surface area contributed by atoms with E-state index < -0.39 is 0 Å². The molecule has 4 N–H and O–H groups in total. The van der Waals surface area contributed by atoms with Crippen LogP contribution < -0.4 is 16.4 Å². The van der Waals surface area contributed by atoms with Crippen molar-refractivity contribution in [1.29, 1.82) is 0 Å². The van der Waals surface area contributed by atoms with Gasteiger partial charge in [-0.25, -0.2) is 0 Å². The number of hydrogen-bond donors (Lipinski definition) is 3. The Morgan fingerprint density at radius 3 is 2.95 bits per heavy atom. The summed E-state index contributed by atoms with van der Waals surface area (Å²) in [4.78, 5) is 15.7. The molecule has 5 nitrogen and oxygen atoms in total. The van der Waals surface area contributed by atoms with Crippen molar-refractivity contribution in [2.45, 2.75) is 18.5 Å². The molecule has 2 atom stereocenters. The van der Waals surface area contributed by atoms with E-state index in [2.05, 4.69) is 27.8 Å². The zero-order chi connectivity index (χ0) is 14.8. The van der Waals surface area contributed by atoms with E-state index in [0.717, 1.165) is 12.1 Å². The lowest BCUT2D eigenvalue weighted by Gasteiger charge is -2.20. The van der Waals surface area contributed by atoms with Gasteiger partial charge in [-0.2, -0.15) is 0 Å². The monoisotopic (exact) mass is 282 g/mol. The molecule has 1 aliphatic carbocycles. The number of carbonyl (C=O) groups excluding carboxylic acids is 1. The molecule has 0 spiro atoms. The van der Waals surface area contributed by atoms with Gasteiger partial charge in [0.15, 0.2) is 0 Å². The normalized spacial score (nSPS) is 19.9. The van der Waals surface area contributed by atoms with E-state index >= 15 is 0 Å². The summed E-state index contributed by atoms with van der Waals surface area (Å²) in [5.41, 5.74) is 9.99. The quantitative estimate of drug-likeness (QED) is 0.796. The second-order valence-corrected chi connectivity index (χ2v) is 5.20. The van der Waals surface area contributed by atoms with Gasteiger partial charge >= 0.3 is 0 Å². The topological polar surface area (TPSA) is 80.0 Å². The van der Waals surface area contributed by atoms with E-state index in [9.17, 15) is 4.79 Å². The first-order valence-corrected chi connectivity index (χ1v) is 6.97. The van der Waals surface area contributed by atoms with Gasteiger partial charge in [-0.3, -0.25) is 9.78 Å². The van der Waals surface area contributed by atoms with Crippen molar-refractivity contribution in [3.63, 3.8) is 0 Å². The predicted molar refractivity (Wildman–Crippen MR) is 82.1 cm³/mol. The number of anilines is 1. The fraction of sp³-hybridized carbons (Fsp3) is 0.250. The Bertz CT molecular complexity index is 671. The lowest BCUT2D eigenvalue weighted by atomic mass is 10.1. The van der Waals surface area contributed by atoms with E-state index in [1.165, 1.54) is 11.1 Å². The second kappa shape index (κ2) is 5.54. The number of carbonyl (C=O) groups is 1. The van der Waals surface area contributed by atoms with Crippen LogP contribution in [0.5, 0.6) is 0 Å². The minimum atomic E-state index is -0.199. The average Bonchev–Trinajstić information content (AvgIpc) is 2.83. The molecule has 0 saturated carbocycles. The largest absolute Gasteiger partial charge is 0.377 e. The maximum Gasteiger partial charge on any atom is 0.269 e. The molecule has 1 aromatic carbocycles. The molecule has 0 aliphatic heterocycles. The van der Waals surface area contributed by atoms with Crippen molar-refractivity contribution in [2.75, 3.05) is 12.4 Å². The highest BCUT2D eigenvalue weighted by Crippen LogP contribution is 2.32. The van der Waals surface area contributed by atoms with E-state index in [-0.39, 0.29) is 18.0 Å². The van der Waals surface area contributed by atoms with Crippen molar-refractivity contribution >= 4 is 11.6 Å². The zero-order valence-corrected chi connectivity index (χ0v) is 11.8. The summed E-state index contributed by atoms with van der Waals surface area (Å²) in [5.74, 6) is -0.199. The van der Waals surface area contributed by atoms with Gasteiger partial charge in [-0.1, -0.05) is 24.3 Å². The number of nitrogens with two attached hydrogens (primary N) is 1. The van der Waals surface area contributed by atoms with E-state index in [1.807, 2.05) is 18.2 Å². The van der Waals surface area contributed by atoms with Crippen LogP contribution in [0.3, 0.4) is 0 Å². The first-order valence-electron chi connectivity index (χ1n) is 6.97. The number of rotatable bonds is 3. The molecule has 1 amide bonds. The fourth-order valence-electron chi connectivity index (χ4n) is 2.76. The smallest absolute Gasteiger partial charge is 0.269 e. The van der Waals surface area contributed by atoms with Crippen LogP contribution in [0.2, 0.25) is 0 Å². The van der Waals surface area contributed by atoms with Crippen molar-refractivity contribution in [3.05, 3.63) is 59.4 Å². The van der Waals surface area contributed by atoms with Crippen molar-refractivity contribution in [1.82, 2.24) is 10.3 Å². The summed E-state index contributed by atoms with van der Waals surface area (Å²) >= 11 is 0. The van der Waals surface area contributed by atoms with Gasteiger partial charge in [0.05, 0.1) is 6.04 Å². The van der Waals surface area contributed by atoms with Crippen LogP contribution >= 0.6 is 0 Å². The number of aromatic nitrogens is 1. The molecule has 0 bridgehead atoms. The van der Waals surface area contributed by atoms with Crippen LogP contribution in [-0.2, 0) is 6.42 Å². The maximum absolute atomic E-state index is 11.6. The summed E-state index contributed by atoms with van der Waals surface area (Å²) in [6.07, 6.45) is 2.49. The summed E-state index contributed by atoms with van der Waals surface area (Å²) in [5, 5.41) is 5.99. The zero-order valence-electron chi connectivity index (χ0n) is 11.8. The minimum absolute atomic E-state index is 0.0269. The highest BCUT2D eigenvalue weighted by molar-refractivity contribution is 5.92. The third-order valence-electron chi connectivity index (χ3n) is 3.82. The van der Waals surface area contributed by atoms with Crippen LogP contribution in [0.25, 0.3) is 0 Å². The molecule has 21 heavy (non-hydrogen) atoms. The molecule has 0 saturated heterocycles. The summed E-state index contributed by atoms with van der Waals surface area (Å²) in [6.45, 7) is 0. The van der Waals surface area contributed by atoms with Crippen LogP contribution in [0.15, 0.2) is 42.6 Å². The van der Waals surface area contributed by atoms with Crippen molar-refractivity contribution < 1.29 is 4.79 Å². The Morgan fingerprint density at radius 1 is 1.33 bits per heavy atom. The summed E-state index contributed by atoms with van der Waals surface area (Å²) in [7, 11) is 1.59. The van der Waals surface area contributed by atoms with Gasteiger partial charge in [-0.15, -0.1) is 0 Å². The van der Waals surface area contributed by atoms with Crippen molar-refractivity contribution in [2.24, 2.45) is 5.73 Å². The highest BCUT2D eigenvalue weighted by Gasteiger charge is 2.29. The van der Waals surface area contributed by atoms with Crippen LogP contribution in [0.4, 0.5) is 5.69 Å². The highest BCUT2D eigenvalue weighted by atomic mass is 16.1. The third kappa shape index (κ3) is 2.60. The van der Waals surface area contributed by atoms with Gasteiger partial charge in [0.2, 0.25) is 0 Å². The van der Waals surface area contributed by atoms with Gasteiger partial charge in [-0.05, 0) is 29.7 Å². The van der Waals surface area contributed by atoms with Gasteiger partial charge < -0.3 is 16.4 Å². The number of amides is 1. The standard InChI is InChI=1S/C16H18N4O/c1-18-16(21)14-9-11(6-7-19-14)20-15-12-5-3-2-4-10(12)8-13(15)17/h2-7,9,13,15H,8,17H2,1H3,(H,18,21)(H,19,20). The molecule has 108 valence electrons. The summed E-state index contributed by atoms with van der Waals surface area (Å²) < 4.78 is 0. The Morgan fingerprint density at radius 2 is 2.14 bits per heavy atom. The van der Waals surface area contributed by atoms with Crippen LogP contribution in [0.1, 0.15) is 27.7 Å². The van der Waals surface area contributed by atoms with E-state index in [4.69, 9.17) is 5.73 Å². The number of hydrogen-bond acceptors (Lipinski definition) is 4. The molecular weight excluding hydrogens is 264 g/mol. The average molecular weight is 282 g/mol. The fourth-order valence-corrected chi connectivity index (χ4v) is 2.76. The van der Waals surface area contributed by atoms with Crippen LogP contribution in [-0.4, -0.2) is 24.0 Å². The first-order chi connectivity index (χ1) is 10.2. The van der Waals surface area contributed by atoms with Gasteiger partial charge in [0, 0.05) is 25.0 Å². The first kappa shape index (κ1) is 13.6. The van der Waals surface area contributed by atoms with E-state index in [1.54, 1.807) is 19.3 Å². The Kier molecular flexibility index (Phi) is 3.58. The number of benzene rings is 1. The molecule has 1 heterocycles. The van der Waals surface area contributed by atoms with Gasteiger partial charge in [0.1, 0.15) is 5.69 Å². The number of pyridine rings is 1. The van der Waals surface area contributed by atoms with Crippen LogP contribution in [0, 0.1) is 0 Å². The SMILES string of the molecule is CNC(=O)c1cc(NC2c3ccccc3CC2N)ccn1. The number of nitrogens with one attached hydrogen (secondary N) is 2.